The minimum absolute atomic E-state index is 0.0273. The number of non-ortho nitro benzene ring substituents is 1. The molecule has 5 nitrogen and oxygen atoms in total. The number of benzene rings is 3. The Labute approximate surface area is 169 Å². The fourth-order valence-electron chi connectivity index (χ4n) is 3.17. The van der Waals surface area contributed by atoms with Crippen molar-refractivity contribution >= 4 is 17.7 Å². The summed E-state index contributed by atoms with van der Waals surface area (Å²) in [5.41, 5.74) is 3.19. The lowest BCUT2D eigenvalue weighted by Crippen LogP contribution is -2.23. The van der Waals surface area contributed by atoms with Crippen LogP contribution in [0.2, 0.25) is 0 Å². The second kappa shape index (κ2) is 9.99. The molecule has 0 unspecified atom stereocenters. The highest BCUT2D eigenvalue weighted by molar-refractivity contribution is 5.91. The van der Waals surface area contributed by atoms with Gasteiger partial charge >= 0.3 is 0 Å². The quantitative estimate of drug-likeness (QED) is 0.338. The molecule has 1 N–H and O–H groups in total. The van der Waals surface area contributed by atoms with Crippen LogP contribution in [0.5, 0.6) is 0 Å². The van der Waals surface area contributed by atoms with E-state index in [4.69, 9.17) is 0 Å². The average molecular weight is 386 g/mol. The van der Waals surface area contributed by atoms with Gasteiger partial charge in [-0.3, -0.25) is 14.9 Å². The summed E-state index contributed by atoms with van der Waals surface area (Å²) < 4.78 is 0. The molecule has 0 aliphatic rings. The smallest absolute Gasteiger partial charge is 0.269 e. The molecule has 0 aliphatic carbocycles. The van der Waals surface area contributed by atoms with Crippen molar-refractivity contribution < 1.29 is 9.72 Å². The summed E-state index contributed by atoms with van der Waals surface area (Å²) in [4.78, 5) is 22.4. The molecule has 0 saturated heterocycles. The van der Waals surface area contributed by atoms with Gasteiger partial charge in [0.25, 0.3) is 5.69 Å². The van der Waals surface area contributed by atoms with Crippen molar-refractivity contribution in [3.63, 3.8) is 0 Å². The van der Waals surface area contributed by atoms with Crippen molar-refractivity contribution in [3.05, 3.63) is 118 Å². The second-order valence-corrected chi connectivity index (χ2v) is 6.64. The first-order chi connectivity index (χ1) is 14.1. The molecule has 0 fully saturated rings. The monoisotopic (exact) mass is 386 g/mol. The summed E-state index contributed by atoms with van der Waals surface area (Å²) in [5.74, 6) is 0.0135. The molecule has 0 bridgehead atoms. The van der Waals surface area contributed by atoms with Crippen LogP contribution in [0.25, 0.3) is 6.08 Å². The summed E-state index contributed by atoms with van der Waals surface area (Å²) in [6, 6.07) is 26.6. The van der Waals surface area contributed by atoms with Crippen LogP contribution in [0, 0.1) is 10.1 Å². The standard InChI is InChI=1S/C24H22N2O3/c27-24(16-13-19-11-14-22(15-12-19)26(28)29)25-18-17-23(20-7-3-1-4-8-20)21-9-5-2-6-10-21/h1-16,23H,17-18H2,(H,25,27)/b16-13-. The molecule has 0 radical (unpaired) electrons. The molecule has 1 amide bonds. The number of carbonyl (C=O) groups is 1. The molecule has 0 atom stereocenters. The van der Waals surface area contributed by atoms with Gasteiger partial charge in [-0.15, -0.1) is 0 Å². The second-order valence-electron chi connectivity index (χ2n) is 6.64. The van der Waals surface area contributed by atoms with Gasteiger partial charge < -0.3 is 5.32 Å². The maximum Gasteiger partial charge on any atom is 0.269 e. The number of hydrogen-bond acceptors (Lipinski definition) is 3. The zero-order valence-corrected chi connectivity index (χ0v) is 15.9. The molecule has 3 rings (SSSR count). The molecule has 3 aromatic rings. The van der Waals surface area contributed by atoms with Gasteiger partial charge in [0.2, 0.25) is 5.91 Å². The number of rotatable bonds is 8. The van der Waals surface area contributed by atoms with Crippen LogP contribution >= 0.6 is 0 Å². The van der Waals surface area contributed by atoms with Gasteiger partial charge in [-0.05, 0) is 41.3 Å². The van der Waals surface area contributed by atoms with Gasteiger partial charge in [0.1, 0.15) is 0 Å². The first-order valence-corrected chi connectivity index (χ1v) is 9.44. The Hall–Kier alpha value is -3.73. The molecule has 3 aromatic carbocycles. The van der Waals surface area contributed by atoms with E-state index in [1.54, 1.807) is 18.2 Å². The summed E-state index contributed by atoms with van der Waals surface area (Å²) in [6.45, 7) is 0.540. The van der Waals surface area contributed by atoms with Gasteiger partial charge in [-0.2, -0.15) is 0 Å². The van der Waals surface area contributed by atoms with Gasteiger partial charge in [0.15, 0.2) is 0 Å². The van der Waals surface area contributed by atoms with Crippen molar-refractivity contribution in [2.45, 2.75) is 12.3 Å². The zero-order valence-electron chi connectivity index (χ0n) is 15.9. The first kappa shape index (κ1) is 20.0. The third-order valence-electron chi connectivity index (χ3n) is 4.67. The van der Waals surface area contributed by atoms with Gasteiger partial charge in [0.05, 0.1) is 4.92 Å². The van der Waals surface area contributed by atoms with Crippen molar-refractivity contribution in [1.29, 1.82) is 0 Å². The maximum atomic E-state index is 12.1. The lowest BCUT2D eigenvalue weighted by molar-refractivity contribution is -0.384. The Morgan fingerprint density at radius 1 is 0.897 bits per heavy atom. The number of amides is 1. The van der Waals surface area contributed by atoms with E-state index in [0.29, 0.717) is 6.54 Å². The van der Waals surface area contributed by atoms with E-state index in [9.17, 15) is 14.9 Å². The van der Waals surface area contributed by atoms with Crippen molar-refractivity contribution in [1.82, 2.24) is 5.32 Å². The van der Waals surface area contributed by atoms with E-state index in [2.05, 4.69) is 29.6 Å². The topological polar surface area (TPSA) is 72.2 Å². The summed E-state index contributed by atoms with van der Waals surface area (Å²) in [5, 5.41) is 13.6. The molecular weight excluding hydrogens is 364 g/mol. The average Bonchev–Trinajstić information content (AvgIpc) is 2.77. The molecule has 5 heteroatoms. The van der Waals surface area contributed by atoms with Crippen LogP contribution in [-0.4, -0.2) is 17.4 Å². The Balaban J connectivity index is 1.58. The van der Waals surface area contributed by atoms with Crippen LogP contribution in [0.15, 0.2) is 91.0 Å². The van der Waals surface area contributed by atoms with Gasteiger partial charge in [0, 0.05) is 30.7 Å². The number of carbonyl (C=O) groups excluding carboxylic acids is 1. The Morgan fingerprint density at radius 3 is 1.97 bits per heavy atom. The molecular formula is C24H22N2O3. The molecule has 0 aromatic heterocycles. The van der Waals surface area contributed by atoms with Crippen molar-refractivity contribution in [2.24, 2.45) is 0 Å². The normalized spacial score (nSPS) is 10.9. The Bertz CT molecular complexity index is 929. The van der Waals surface area contributed by atoms with Crippen LogP contribution in [0.3, 0.4) is 0 Å². The SMILES string of the molecule is O=C(/C=C\c1ccc([N+](=O)[O-])cc1)NCCC(c1ccccc1)c1ccccc1. The Kier molecular flexibility index (Phi) is 6.90. The summed E-state index contributed by atoms with van der Waals surface area (Å²) in [7, 11) is 0. The third kappa shape index (κ3) is 5.87. The van der Waals surface area contributed by atoms with Crippen LogP contribution in [0.4, 0.5) is 5.69 Å². The highest BCUT2D eigenvalue weighted by atomic mass is 16.6. The van der Waals surface area contributed by atoms with E-state index < -0.39 is 4.92 Å². The predicted octanol–water partition coefficient (Wildman–Crippen LogP) is 4.95. The van der Waals surface area contributed by atoms with Crippen LogP contribution < -0.4 is 5.32 Å². The lowest BCUT2D eigenvalue weighted by atomic mass is 9.88. The largest absolute Gasteiger partial charge is 0.353 e. The Morgan fingerprint density at radius 2 is 1.45 bits per heavy atom. The fraction of sp³-hybridized carbons (Fsp3) is 0.125. The van der Waals surface area contributed by atoms with Gasteiger partial charge in [-0.1, -0.05) is 60.7 Å². The maximum absolute atomic E-state index is 12.1. The highest BCUT2D eigenvalue weighted by Crippen LogP contribution is 2.27. The van der Waals surface area contributed by atoms with E-state index in [-0.39, 0.29) is 17.5 Å². The van der Waals surface area contributed by atoms with Crippen molar-refractivity contribution in [2.75, 3.05) is 6.54 Å². The first-order valence-electron chi connectivity index (χ1n) is 9.44. The number of nitro groups is 1. The zero-order chi connectivity index (χ0) is 20.5. The van der Waals surface area contributed by atoms with E-state index in [1.807, 2.05) is 36.4 Å². The summed E-state index contributed by atoms with van der Waals surface area (Å²) >= 11 is 0. The fourth-order valence-corrected chi connectivity index (χ4v) is 3.17. The predicted molar refractivity (Wildman–Crippen MR) is 114 cm³/mol. The molecule has 146 valence electrons. The molecule has 0 aliphatic heterocycles. The highest BCUT2D eigenvalue weighted by Gasteiger charge is 2.13. The van der Waals surface area contributed by atoms with Crippen LogP contribution in [0.1, 0.15) is 29.0 Å². The number of nitrogens with zero attached hydrogens (tertiary/aromatic N) is 1. The number of nitro benzene ring substituents is 1. The van der Waals surface area contributed by atoms with E-state index >= 15 is 0 Å². The summed E-state index contributed by atoms with van der Waals surface area (Å²) in [6.07, 6.45) is 3.87. The van der Waals surface area contributed by atoms with Crippen molar-refractivity contribution in [3.8, 4) is 0 Å². The minimum atomic E-state index is -0.448. The molecule has 0 saturated carbocycles. The molecule has 0 spiro atoms. The molecule has 0 heterocycles. The van der Waals surface area contributed by atoms with Gasteiger partial charge in [-0.25, -0.2) is 0 Å². The lowest BCUT2D eigenvalue weighted by Gasteiger charge is -2.18. The number of hydrogen-bond donors (Lipinski definition) is 1. The minimum Gasteiger partial charge on any atom is -0.353 e. The van der Waals surface area contributed by atoms with E-state index in [0.717, 1.165) is 12.0 Å². The molecule has 29 heavy (non-hydrogen) atoms. The third-order valence-corrected chi connectivity index (χ3v) is 4.67. The van der Waals surface area contributed by atoms with E-state index in [1.165, 1.54) is 29.3 Å². The van der Waals surface area contributed by atoms with Crippen LogP contribution in [-0.2, 0) is 4.79 Å². The number of nitrogens with one attached hydrogen (secondary N) is 1.